The quantitative estimate of drug-likeness (QED) is 0.589. The molecule has 2 rings (SSSR count). The average Bonchev–Trinajstić information content (AvgIpc) is 2.49. The maximum Gasteiger partial charge on any atom is 0.269 e. The second-order valence-corrected chi connectivity index (χ2v) is 2.19. The van der Waals surface area contributed by atoms with E-state index in [-0.39, 0.29) is 5.69 Å². The van der Waals surface area contributed by atoms with Gasteiger partial charge in [-0.25, -0.2) is 15.0 Å². The molecule has 2 aromatic rings. The van der Waals surface area contributed by atoms with Crippen LogP contribution >= 0.6 is 0 Å². The topological polar surface area (TPSA) is 97.6 Å². The predicted molar refractivity (Wildman–Crippen MR) is 40.2 cm³/mol. The van der Waals surface area contributed by atoms with E-state index in [1.165, 1.54) is 12.7 Å². The van der Waals surface area contributed by atoms with E-state index in [4.69, 9.17) is 5.73 Å². The Hall–Kier alpha value is -1.98. The minimum absolute atomic E-state index is 0.164. The zero-order valence-corrected chi connectivity index (χ0v) is 5.98. The molecule has 0 aliphatic carbocycles. The van der Waals surface area contributed by atoms with Crippen molar-refractivity contribution in [2.24, 2.45) is 5.73 Å². The summed E-state index contributed by atoms with van der Waals surface area (Å²) >= 11 is 0. The number of rotatable bonds is 1. The molecule has 0 fully saturated rings. The maximum absolute atomic E-state index is 10.8. The van der Waals surface area contributed by atoms with Gasteiger partial charge in [-0.3, -0.25) is 4.79 Å². The average molecular weight is 163 g/mol. The highest BCUT2D eigenvalue weighted by Crippen LogP contribution is 2.07. The van der Waals surface area contributed by atoms with E-state index in [1.54, 1.807) is 0 Å². The number of hydrogen-bond donors (Lipinski definition) is 2. The van der Waals surface area contributed by atoms with Gasteiger partial charge in [-0.1, -0.05) is 0 Å². The Morgan fingerprint density at radius 1 is 1.42 bits per heavy atom. The summed E-state index contributed by atoms with van der Waals surface area (Å²) in [5, 5.41) is 0. The number of nitrogens with two attached hydrogens (primary N) is 1. The summed E-state index contributed by atoms with van der Waals surface area (Å²) in [5.74, 6) is -0.591. The van der Waals surface area contributed by atoms with Crippen LogP contribution in [0.25, 0.3) is 11.2 Å². The molecule has 0 saturated heterocycles. The third kappa shape index (κ3) is 0.815. The van der Waals surface area contributed by atoms with Crippen molar-refractivity contribution in [3.05, 3.63) is 18.3 Å². The van der Waals surface area contributed by atoms with Gasteiger partial charge in [-0.2, -0.15) is 0 Å². The first-order valence-corrected chi connectivity index (χ1v) is 3.23. The molecule has 6 heteroatoms. The summed E-state index contributed by atoms with van der Waals surface area (Å²) in [4.78, 5) is 24.9. The fraction of sp³-hybridized carbons (Fsp3) is 0. The van der Waals surface area contributed by atoms with Crippen molar-refractivity contribution < 1.29 is 4.79 Å². The van der Waals surface area contributed by atoms with Crippen LogP contribution in [0.2, 0.25) is 0 Å². The fourth-order valence-corrected chi connectivity index (χ4v) is 0.952. The van der Waals surface area contributed by atoms with E-state index in [9.17, 15) is 4.79 Å². The van der Waals surface area contributed by atoms with Gasteiger partial charge in [0, 0.05) is 0 Å². The Morgan fingerprint density at radius 2 is 2.25 bits per heavy atom. The molecule has 0 unspecified atom stereocenters. The molecule has 6 nitrogen and oxygen atoms in total. The Bertz CT molecular complexity index is 434. The molecule has 0 atom stereocenters. The predicted octanol–water partition coefficient (Wildman–Crippen LogP) is -0.548. The molecule has 0 aliphatic rings. The van der Waals surface area contributed by atoms with Gasteiger partial charge in [0.05, 0.1) is 6.33 Å². The summed E-state index contributed by atoms with van der Waals surface area (Å²) in [5.41, 5.74) is 6.15. The van der Waals surface area contributed by atoms with E-state index in [0.29, 0.717) is 11.2 Å². The Kier molecular flexibility index (Phi) is 1.26. The number of carbonyl (C=O) groups is 1. The van der Waals surface area contributed by atoms with Crippen LogP contribution in [0.3, 0.4) is 0 Å². The normalized spacial score (nSPS) is 10.3. The molecule has 60 valence electrons. The van der Waals surface area contributed by atoms with E-state index in [1.807, 2.05) is 0 Å². The van der Waals surface area contributed by atoms with Gasteiger partial charge in [0.25, 0.3) is 5.91 Å². The molecule has 0 radical (unpaired) electrons. The number of nitrogens with one attached hydrogen (secondary N) is 1. The molecule has 1 amide bonds. The first-order valence-electron chi connectivity index (χ1n) is 3.23. The molecular weight excluding hydrogens is 158 g/mol. The number of hydrogen-bond acceptors (Lipinski definition) is 4. The summed E-state index contributed by atoms with van der Waals surface area (Å²) in [6.07, 6.45) is 2.69. The van der Waals surface area contributed by atoms with Crippen LogP contribution in [0.4, 0.5) is 0 Å². The van der Waals surface area contributed by atoms with Gasteiger partial charge >= 0.3 is 0 Å². The number of fused-ring (bicyclic) bond motifs is 1. The summed E-state index contributed by atoms with van der Waals surface area (Å²) in [6.45, 7) is 0. The van der Waals surface area contributed by atoms with Crippen molar-refractivity contribution >= 4 is 17.1 Å². The summed E-state index contributed by atoms with van der Waals surface area (Å²) in [6, 6.07) is 0. The van der Waals surface area contributed by atoms with Crippen molar-refractivity contribution in [1.29, 1.82) is 0 Å². The van der Waals surface area contributed by atoms with Crippen LogP contribution in [0.15, 0.2) is 12.7 Å². The van der Waals surface area contributed by atoms with Crippen LogP contribution < -0.4 is 5.73 Å². The van der Waals surface area contributed by atoms with Gasteiger partial charge in [-0.15, -0.1) is 0 Å². The highest BCUT2D eigenvalue weighted by molar-refractivity contribution is 6.00. The second kappa shape index (κ2) is 2.26. The third-order valence-corrected chi connectivity index (χ3v) is 1.46. The SMILES string of the molecule is NC(=O)c1ncnc2nc[nH]c12. The molecule has 2 aromatic heterocycles. The van der Waals surface area contributed by atoms with Gasteiger partial charge in [-0.05, 0) is 0 Å². The Morgan fingerprint density at radius 3 is 3.00 bits per heavy atom. The molecule has 0 bridgehead atoms. The van der Waals surface area contributed by atoms with Gasteiger partial charge < -0.3 is 10.7 Å². The molecule has 0 aromatic carbocycles. The number of H-pyrrole nitrogens is 1. The third-order valence-electron chi connectivity index (χ3n) is 1.46. The Balaban J connectivity index is 2.82. The number of aromatic nitrogens is 4. The standard InChI is InChI=1S/C6H5N5O/c7-5(12)3-4-6(10-1-8-3)11-2-9-4/h1-2H,(H2,7,12)(H,8,9,10,11). The largest absolute Gasteiger partial charge is 0.364 e. The van der Waals surface area contributed by atoms with E-state index >= 15 is 0 Å². The highest BCUT2D eigenvalue weighted by atomic mass is 16.1. The molecule has 3 N–H and O–H groups in total. The number of carbonyl (C=O) groups excluding carboxylic acids is 1. The number of imidazole rings is 1. The van der Waals surface area contributed by atoms with E-state index in [0.717, 1.165) is 0 Å². The molecular formula is C6H5N5O. The maximum atomic E-state index is 10.8. The molecule has 0 aliphatic heterocycles. The van der Waals surface area contributed by atoms with Crippen LogP contribution in [0.5, 0.6) is 0 Å². The van der Waals surface area contributed by atoms with Gasteiger partial charge in [0.1, 0.15) is 11.8 Å². The van der Waals surface area contributed by atoms with Crippen molar-refractivity contribution in [2.75, 3.05) is 0 Å². The van der Waals surface area contributed by atoms with Gasteiger partial charge in [0.15, 0.2) is 11.3 Å². The number of aromatic amines is 1. The number of primary amides is 1. The van der Waals surface area contributed by atoms with Gasteiger partial charge in [0.2, 0.25) is 0 Å². The summed E-state index contributed by atoms with van der Waals surface area (Å²) < 4.78 is 0. The lowest BCUT2D eigenvalue weighted by Crippen LogP contribution is -2.13. The highest BCUT2D eigenvalue weighted by Gasteiger charge is 2.09. The zero-order chi connectivity index (χ0) is 8.55. The Labute approximate surface area is 66.8 Å². The fourth-order valence-electron chi connectivity index (χ4n) is 0.952. The first kappa shape index (κ1) is 6.71. The second-order valence-electron chi connectivity index (χ2n) is 2.19. The zero-order valence-electron chi connectivity index (χ0n) is 5.98. The summed E-state index contributed by atoms with van der Waals surface area (Å²) in [7, 11) is 0. The number of amides is 1. The van der Waals surface area contributed by atoms with E-state index in [2.05, 4.69) is 19.9 Å². The van der Waals surface area contributed by atoms with Crippen LogP contribution in [0, 0.1) is 0 Å². The van der Waals surface area contributed by atoms with Crippen molar-refractivity contribution in [1.82, 2.24) is 19.9 Å². The lowest BCUT2D eigenvalue weighted by Gasteiger charge is -1.93. The number of nitrogens with zero attached hydrogens (tertiary/aromatic N) is 3. The molecule has 2 heterocycles. The first-order chi connectivity index (χ1) is 5.79. The van der Waals surface area contributed by atoms with Crippen LogP contribution in [-0.4, -0.2) is 25.8 Å². The van der Waals surface area contributed by atoms with Crippen LogP contribution in [0.1, 0.15) is 10.5 Å². The van der Waals surface area contributed by atoms with Crippen molar-refractivity contribution in [3.8, 4) is 0 Å². The molecule has 0 saturated carbocycles. The molecule has 0 spiro atoms. The van der Waals surface area contributed by atoms with Crippen molar-refractivity contribution in [2.45, 2.75) is 0 Å². The monoisotopic (exact) mass is 163 g/mol. The lowest BCUT2D eigenvalue weighted by molar-refractivity contribution is 0.0997. The molecule has 12 heavy (non-hydrogen) atoms. The minimum atomic E-state index is -0.591. The lowest BCUT2D eigenvalue weighted by atomic mass is 10.3. The van der Waals surface area contributed by atoms with Crippen molar-refractivity contribution in [3.63, 3.8) is 0 Å². The smallest absolute Gasteiger partial charge is 0.269 e. The van der Waals surface area contributed by atoms with E-state index < -0.39 is 5.91 Å². The van der Waals surface area contributed by atoms with Crippen LogP contribution in [-0.2, 0) is 0 Å². The minimum Gasteiger partial charge on any atom is -0.364 e.